The Morgan fingerprint density at radius 3 is 2.41 bits per heavy atom. The van der Waals surface area contributed by atoms with Crippen molar-refractivity contribution in [1.82, 2.24) is 20.4 Å². The fraction of sp³-hybridized carbons (Fsp3) is 0.318. The van der Waals surface area contributed by atoms with Crippen LogP contribution in [-0.4, -0.2) is 47.3 Å². The zero-order valence-electron chi connectivity index (χ0n) is 16.5. The molecule has 0 radical (unpaired) electrons. The number of anilines is 1. The molecule has 0 spiro atoms. The standard InChI is InChI=1S/C22H25N5O2/c1-2-20-24-21(25-29-20)18-8-10-19(11-9-18)26-12-14-27(15-13-26)22(28)23-16-17-6-4-3-5-7-17/h3-11H,2,12-16H2,1H3,(H,23,28). The van der Waals surface area contributed by atoms with Crippen molar-refractivity contribution >= 4 is 11.7 Å². The van der Waals surface area contributed by atoms with Gasteiger partial charge in [-0.1, -0.05) is 42.4 Å². The molecule has 2 aromatic carbocycles. The molecule has 1 N–H and O–H groups in total. The van der Waals surface area contributed by atoms with Gasteiger partial charge < -0.3 is 19.6 Å². The van der Waals surface area contributed by atoms with Crippen LogP contribution in [-0.2, 0) is 13.0 Å². The van der Waals surface area contributed by atoms with Crippen molar-refractivity contribution in [3.63, 3.8) is 0 Å². The average Bonchev–Trinajstić information content (AvgIpc) is 3.28. The van der Waals surface area contributed by atoms with Crippen LogP contribution in [0.2, 0.25) is 0 Å². The fourth-order valence-corrected chi connectivity index (χ4v) is 3.39. The number of benzene rings is 2. The minimum atomic E-state index is -0.00677. The third-order valence-electron chi connectivity index (χ3n) is 5.11. The molecule has 0 atom stereocenters. The van der Waals surface area contributed by atoms with Gasteiger partial charge >= 0.3 is 6.03 Å². The molecular formula is C22H25N5O2. The maximum Gasteiger partial charge on any atom is 0.317 e. The van der Waals surface area contributed by atoms with Crippen LogP contribution in [0, 0.1) is 0 Å². The summed E-state index contributed by atoms with van der Waals surface area (Å²) in [6.45, 7) is 5.56. The van der Waals surface area contributed by atoms with Gasteiger partial charge in [0.15, 0.2) is 0 Å². The molecular weight excluding hydrogens is 366 g/mol. The molecule has 2 amide bonds. The first-order valence-electron chi connectivity index (χ1n) is 9.97. The van der Waals surface area contributed by atoms with Crippen LogP contribution in [0.15, 0.2) is 59.1 Å². The number of piperazine rings is 1. The monoisotopic (exact) mass is 391 g/mol. The smallest absolute Gasteiger partial charge is 0.317 e. The average molecular weight is 391 g/mol. The maximum atomic E-state index is 12.4. The van der Waals surface area contributed by atoms with E-state index in [0.717, 1.165) is 36.3 Å². The molecule has 4 rings (SSSR count). The second-order valence-corrected chi connectivity index (χ2v) is 7.03. The molecule has 29 heavy (non-hydrogen) atoms. The Kier molecular flexibility index (Phi) is 5.74. The largest absolute Gasteiger partial charge is 0.368 e. The van der Waals surface area contributed by atoms with Crippen molar-refractivity contribution in [1.29, 1.82) is 0 Å². The number of hydrogen-bond donors (Lipinski definition) is 1. The van der Waals surface area contributed by atoms with Gasteiger partial charge in [-0.15, -0.1) is 0 Å². The molecule has 0 bridgehead atoms. The van der Waals surface area contributed by atoms with Crippen LogP contribution < -0.4 is 10.2 Å². The summed E-state index contributed by atoms with van der Waals surface area (Å²) < 4.78 is 5.18. The van der Waals surface area contributed by atoms with E-state index in [1.807, 2.05) is 54.3 Å². The number of urea groups is 1. The molecule has 1 fully saturated rings. The number of carbonyl (C=O) groups excluding carboxylic acids is 1. The summed E-state index contributed by atoms with van der Waals surface area (Å²) in [6, 6.07) is 18.1. The predicted molar refractivity (Wildman–Crippen MR) is 112 cm³/mol. The molecule has 1 aliphatic rings. The Bertz CT molecular complexity index is 931. The topological polar surface area (TPSA) is 74.5 Å². The summed E-state index contributed by atoms with van der Waals surface area (Å²) in [7, 11) is 0. The lowest BCUT2D eigenvalue weighted by Crippen LogP contribution is -2.51. The van der Waals surface area contributed by atoms with Crippen LogP contribution >= 0.6 is 0 Å². The van der Waals surface area contributed by atoms with Crippen molar-refractivity contribution in [2.75, 3.05) is 31.1 Å². The molecule has 150 valence electrons. The first-order chi connectivity index (χ1) is 14.2. The zero-order chi connectivity index (χ0) is 20.1. The first-order valence-corrected chi connectivity index (χ1v) is 9.97. The van der Waals surface area contributed by atoms with Gasteiger partial charge in [-0.3, -0.25) is 0 Å². The molecule has 0 saturated carbocycles. The van der Waals surface area contributed by atoms with E-state index >= 15 is 0 Å². The van der Waals surface area contributed by atoms with Gasteiger partial charge in [0, 0.05) is 50.4 Å². The van der Waals surface area contributed by atoms with Crippen LogP contribution in [0.4, 0.5) is 10.5 Å². The number of aryl methyl sites for hydroxylation is 1. The Labute approximate surface area is 170 Å². The second kappa shape index (κ2) is 8.77. The maximum absolute atomic E-state index is 12.4. The molecule has 1 aliphatic heterocycles. The highest BCUT2D eigenvalue weighted by Crippen LogP contribution is 2.22. The zero-order valence-corrected chi connectivity index (χ0v) is 16.5. The minimum Gasteiger partial charge on any atom is -0.368 e. The Morgan fingerprint density at radius 1 is 1.03 bits per heavy atom. The Hall–Kier alpha value is -3.35. The fourth-order valence-electron chi connectivity index (χ4n) is 3.39. The van der Waals surface area contributed by atoms with E-state index < -0.39 is 0 Å². The highest BCUT2D eigenvalue weighted by molar-refractivity contribution is 5.74. The first kappa shape index (κ1) is 19.0. The van der Waals surface area contributed by atoms with E-state index in [1.54, 1.807) is 0 Å². The number of aromatic nitrogens is 2. The van der Waals surface area contributed by atoms with E-state index in [0.29, 0.717) is 31.3 Å². The van der Waals surface area contributed by atoms with Crippen molar-refractivity contribution in [3.8, 4) is 11.4 Å². The Morgan fingerprint density at radius 2 is 1.76 bits per heavy atom. The number of rotatable bonds is 5. The van der Waals surface area contributed by atoms with Gasteiger partial charge in [-0.25, -0.2) is 4.79 Å². The predicted octanol–water partition coefficient (Wildman–Crippen LogP) is 3.33. The molecule has 7 nitrogen and oxygen atoms in total. The second-order valence-electron chi connectivity index (χ2n) is 7.03. The molecule has 7 heteroatoms. The summed E-state index contributed by atoms with van der Waals surface area (Å²) in [6.07, 6.45) is 0.730. The van der Waals surface area contributed by atoms with Gasteiger partial charge in [0.2, 0.25) is 11.7 Å². The number of hydrogen-bond acceptors (Lipinski definition) is 5. The summed E-state index contributed by atoms with van der Waals surface area (Å²) in [5, 5.41) is 7.02. The molecule has 0 aliphatic carbocycles. The summed E-state index contributed by atoms with van der Waals surface area (Å²) in [4.78, 5) is 20.9. The van der Waals surface area contributed by atoms with E-state index in [9.17, 15) is 4.79 Å². The van der Waals surface area contributed by atoms with Gasteiger partial charge in [-0.05, 0) is 29.8 Å². The van der Waals surface area contributed by atoms with Gasteiger partial charge in [-0.2, -0.15) is 4.98 Å². The quantitative estimate of drug-likeness (QED) is 0.722. The summed E-state index contributed by atoms with van der Waals surface area (Å²) >= 11 is 0. The third kappa shape index (κ3) is 4.56. The lowest BCUT2D eigenvalue weighted by Gasteiger charge is -2.36. The van der Waals surface area contributed by atoms with E-state index in [4.69, 9.17) is 4.52 Å². The van der Waals surface area contributed by atoms with Gasteiger partial charge in [0.25, 0.3) is 0 Å². The Balaban J connectivity index is 1.29. The van der Waals surface area contributed by atoms with E-state index in [-0.39, 0.29) is 6.03 Å². The van der Waals surface area contributed by atoms with Crippen LogP contribution in [0.5, 0.6) is 0 Å². The highest BCUT2D eigenvalue weighted by Gasteiger charge is 2.21. The van der Waals surface area contributed by atoms with Crippen LogP contribution in [0.3, 0.4) is 0 Å². The summed E-state index contributed by atoms with van der Waals surface area (Å²) in [5.41, 5.74) is 3.18. The normalized spacial score (nSPS) is 14.1. The van der Waals surface area contributed by atoms with Crippen molar-refractivity contribution in [2.45, 2.75) is 19.9 Å². The third-order valence-corrected chi connectivity index (χ3v) is 5.11. The minimum absolute atomic E-state index is 0.00677. The SMILES string of the molecule is CCc1nc(-c2ccc(N3CCN(C(=O)NCc4ccccc4)CC3)cc2)no1. The molecule has 2 heterocycles. The molecule has 3 aromatic rings. The lowest BCUT2D eigenvalue weighted by atomic mass is 10.1. The number of carbonyl (C=O) groups is 1. The van der Waals surface area contributed by atoms with Crippen molar-refractivity contribution < 1.29 is 9.32 Å². The van der Waals surface area contributed by atoms with Gasteiger partial charge in [0.05, 0.1) is 0 Å². The van der Waals surface area contributed by atoms with Crippen molar-refractivity contribution in [2.24, 2.45) is 0 Å². The number of nitrogens with zero attached hydrogens (tertiary/aromatic N) is 4. The van der Waals surface area contributed by atoms with Gasteiger partial charge in [0.1, 0.15) is 0 Å². The van der Waals surface area contributed by atoms with E-state index in [1.165, 1.54) is 0 Å². The summed E-state index contributed by atoms with van der Waals surface area (Å²) in [5.74, 6) is 1.26. The number of nitrogens with one attached hydrogen (secondary N) is 1. The number of amides is 2. The van der Waals surface area contributed by atoms with Crippen molar-refractivity contribution in [3.05, 3.63) is 66.1 Å². The molecule has 1 aromatic heterocycles. The highest BCUT2D eigenvalue weighted by atomic mass is 16.5. The molecule has 1 saturated heterocycles. The van der Waals surface area contributed by atoms with E-state index in [2.05, 4.69) is 32.5 Å². The molecule has 0 unspecified atom stereocenters. The lowest BCUT2D eigenvalue weighted by molar-refractivity contribution is 0.194. The van der Waals surface area contributed by atoms with Crippen LogP contribution in [0.25, 0.3) is 11.4 Å². The van der Waals surface area contributed by atoms with Crippen LogP contribution in [0.1, 0.15) is 18.4 Å².